The summed E-state index contributed by atoms with van der Waals surface area (Å²) in [4.78, 5) is 33.3. The Morgan fingerprint density at radius 1 is 1.20 bits per heavy atom. The molecular formula is C13H7BrClN3O2. The van der Waals surface area contributed by atoms with E-state index < -0.39 is 11.7 Å². The zero-order valence-electron chi connectivity index (χ0n) is 10.0. The number of ketones is 1. The fourth-order valence-corrected chi connectivity index (χ4v) is 2.45. The molecule has 5 nitrogen and oxygen atoms in total. The molecule has 2 heterocycles. The topological polar surface area (TPSA) is 63.2 Å². The zero-order chi connectivity index (χ0) is 14.3. The van der Waals surface area contributed by atoms with Gasteiger partial charge in [0.1, 0.15) is 5.15 Å². The Morgan fingerprint density at radius 3 is 2.70 bits per heavy atom. The second-order valence-corrected chi connectivity index (χ2v) is 5.52. The minimum absolute atomic E-state index is 0.179. The Kier molecular flexibility index (Phi) is 3.27. The van der Waals surface area contributed by atoms with Crippen LogP contribution in [-0.2, 0) is 11.3 Å². The molecule has 0 saturated heterocycles. The van der Waals surface area contributed by atoms with Crippen molar-refractivity contribution in [3.63, 3.8) is 0 Å². The van der Waals surface area contributed by atoms with Crippen LogP contribution in [0.3, 0.4) is 0 Å². The summed E-state index contributed by atoms with van der Waals surface area (Å²) in [7, 11) is 0. The third-order valence-corrected chi connectivity index (χ3v) is 3.62. The lowest BCUT2D eigenvalue weighted by atomic mass is 10.1. The molecule has 0 atom stereocenters. The van der Waals surface area contributed by atoms with E-state index in [1.165, 1.54) is 17.3 Å². The fourth-order valence-electron chi connectivity index (χ4n) is 2.01. The van der Waals surface area contributed by atoms with Crippen LogP contribution in [0.5, 0.6) is 0 Å². The molecule has 100 valence electrons. The highest BCUT2D eigenvalue weighted by Gasteiger charge is 2.35. The van der Waals surface area contributed by atoms with E-state index in [9.17, 15) is 9.59 Å². The van der Waals surface area contributed by atoms with Gasteiger partial charge in [-0.25, -0.2) is 4.98 Å². The Morgan fingerprint density at radius 2 is 2.00 bits per heavy atom. The molecule has 0 saturated carbocycles. The minimum atomic E-state index is -0.560. The van der Waals surface area contributed by atoms with Gasteiger partial charge in [-0.2, -0.15) is 0 Å². The normalized spacial score (nSPS) is 13.8. The van der Waals surface area contributed by atoms with Gasteiger partial charge in [-0.15, -0.1) is 0 Å². The van der Waals surface area contributed by atoms with Crippen molar-refractivity contribution < 1.29 is 9.59 Å². The molecule has 0 spiro atoms. The summed E-state index contributed by atoms with van der Waals surface area (Å²) in [6.45, 7) is 0.179. The number of aromatic nitrogens is 2. The van der Waals surface area contributed by atoms with Crippen LogP contribution in [0.25, 0.3) is 0 Å². The van der Waals surface area contributed by atoms with Crippen molar-refractivity contribution in [2.45, 2.75) is 6.54 Å². The maximum Gasteiger partial charge on any atom is 0.299 e. The van der Waals surface area contributed by atoms with Gasteiger partial charge in [0.05, 0.1) is 35.9 Å². The Labute approximate surface area is 127 Å². The highest BCUT2D eigenvalue weighted by Crippen LogP contribution is 2.32. The monoisotopic (exact) mass is 351 g/mol. The number of hydrogen-bond acceptors (Lipinski definition) is 4. The van der Waals surface area contributed by atoms with Crippen molar-refractivity contribution in [3.8, 4) is 0 Å². The van der Waals surface area contributed by atoms with Gasteiger partial charge >= 0.3 is 0 Å². The van der Waals surface area contributed by atoms with Gasteiger partial charge < -0.3 is 0 Å². The first kappa shape index (κ1) is 13.2. The zero-order valence-corrected chi connectivity index (χ0v) is 12.3. The van der Waals surface area contributed by atoms with Gasteiger partial charge in [0.2, 0.25) is 0 Å². The van der Waals surface area contributed by atoms with Crippen molar-refractivity contribution >= 4 is 44.9 Å². The highest BCUT2D eigenvalue weighted by atomic mass is 79.9. The van der Waals surface area contributed by atoms with Crippen molar-refractivity contribution in [2.75, 3.05) is 4.90 Å². The second-order valence-electron chi connectivity index (χ2n) is 4.21. The van der Waals surface area contributed by atoms with E-state index in [1.54, 1.807) is 18.2 Å². The van der Waals surface area contributed by atoms with Crippen LogP contribution in [0.2, 0.25) is 5.15 Å². The summed E-state index contributed by atoms with van der Waals surface area (Å²) in [5, 5.41) is 0.278. The van der Waals surface area contributed by atoms with Crippen molar-refractivity contribution in [1.29, 1.82) is 0 Å². The van der Waals surface area contributed by atoms with Gasteiger partial charge in [-0.3, -0.25) is 19.5 Å². The summed E-state index contributed by atoms with van der Waals surface area (Å²) in [6.07, 6.45) is 2.89. The predicted molar refractivity (Wildman–Crippen MR) is 76.7 cm³/mol. The van der Waals surface area contributed by atoms with Crippen molar-refractivity contribution in [2.24, 2.45) is 0 Å². The van der Waals surface area contributed by atoms with Crippen molar-refractivity contribution in [3.05, 3.63) is 51.5 Å². The summed E-state index contributed by atoms with van der Waals surface area (Å²) >= 11 is 9.00. The third kappa shape index (κ3) is 2.21. The van der Waals surface area contributed by atoms with Gasteiger partial charge in [0, 0.05) is 4.47 Å². The maximum atomic E-state index is 12.0. The molecule has 1 amide bonds. The molecule has 3 rings (SSSR count). The van der Waals surface area contributed by atoms with Crippen LogP contribution in [0.1, 0.15) is 16.1 Å². The van der Waals surface area contributed by atoms with Gasteiger partial charge in [0.15, 0.2) is 0 Å². The third-order valence-electron chi connectivity index (χ3n) is 2.93. The number of halogens is 2. The number of carbonyl (C=O) groups is 2. The summed E-state index contributed by atoms with van der Waals surface area (Å²) in [5.41, 5.74) is 1.54. The number of carbonyl (C=O) groups excluding carboxylic acids is 2. The van der Waals surface area contributed by atoms with Crippen LogP contribution < -0.4 is 4.90 Å². The average molecular weight is 353 g/mol. The molecule has 20 heavy (non-hydrogen) atoms. The Balaban J connectivity index is 1.98. The summed E-state index contributed by atoms with van der Waals surface area (Å²) in [5.74, 6) is -1.07. The Hall–Kier alpha value is -1.79. The number of nitrogens with zero attached hydrogens (tertiary/aromatic N) is 3. The lowest BCUT2D eigenvalue weighted by molar-refractivity contribution is -0.114. The van der Waals surface area contributed by atoms with E-state index in [2.05, 4.69) is 25.9 Å². The number of fused-ring (bicyclic) bond motifs is 1. The molecule has 0 unspecified atom stereocenters. The largest absolute Gasteiger partial charge is 0.299 e. The van der Waals surface area contributed by atoms with E-state index in [4.69, 9.17) is 11.6 Å². The lowest BCUT2D eigenvalue weighted by Crippen LogP contribution is -2.29. The summed E-state index contributed by atoms with van der Waals surface area (Å²) < 4.78 is 0.797. The average Bonchev–Trinajstić information content (AvgIpc) is 2.66. The molecule has 1 aliphatic heterocycles. The first-order chi connectivity index (χ1) is 9.56. The molecule has 0 fully saturated rings. The summed E-state index contributed by atoms with van der Waals surface area (Å²) in [6, 6.07) is 5.10. The molecule has 0 bridgehead atoms. The maximum absolute atomic E-state index is 12.0. The van der Waals surface area contributed by atoms with Crippen LogP contribution in [0.4, 0.5) is 5.69 Å². The molecular weight excluding hydrogens is 346 g/mol. The second kappa shape index (κ2) is 4.96. The number of amides is 1. The quantitative estimate of drug-likeness (QED) is 0.780. The molecule has 1 aromatic carbocycles. The predicted octanol–water partition coefficient (Wildman–Crippen LogP) is 2.62. The molecule has 0 aliphatic carbocycles. The number of rotatable bonds is 2. The van der Waals surface area contributed by atoms with Gasteiger partial charge in [-0.05, 0) is 18.2 Å². The number of benzene rings is 1. The van der Waals surface area contributed by atoms with Crippen molar-refractivity contribution in [1.82, 2.24) is 9.97 Å². The lowest BCUT2D eigenvalue weighted by Gasteiger charge is -2.15. The first-order valence-electron chi connectivity index (χ1n) is 5.68. The van der Waals surface area contributed by atoms with Crippen LogP contribution in [0.15, 0.2) is 35.1 Å². The number of Topliss-reactive ketones (excluding diaryl/α,β-unsaturated/α-hetero) is 1. The van der Waals surface area contributed by atoms with E-state index in [-0.39, 0.29) is 11.7 Å². The first-order valence-corrected chi connectivity index (χ1v) is 6.85. The van der Waals surface area contributed by atoms with E-state index in [0.717, 1.165) is 4.47 Å². The van der Waals surface area contributed by atoms with Crippen LogP contribution in [0, 0.1) is 0 Å². The van der Waals surface area contributed by atoms with Crippen LogP contribution in [-0.4, -0.2) is 21.7 Å². The Bertz CT molecular complexity index is 718. The molecule has 2 aromatic rings. The van der Waals surface area contributed by atoms with Gasteiger partial charge in [-0.1, -0.05) is 27.5 Å². The highest BCUT2D eigenvalue weighted by molar-refractivity contribution is 9.10. The standard InChI is InChI=1S/C13H7BrClN3O2/c14-7-1-2-9-10(3-7)18(13(20)12(9)19)6-8-4-17-11(15)5-16-8/h1-5H,6H2. The van der Waals surface area contributed by atoms with Gasteiger partial charge in [0.25, 0.3) is 11.7 Å². The number of hydrogen-bond donors (Lipinski definition) is 0. The molecule has 0 N–H and O–H groups in total. The minimum Gasteiger partial charge on any atom is -0.299 e. The van der Waals surface area contributed by atoms with E-state index in [1.807, 2.05) is 0 Å². The SMILES string of the molecule is O=C1C(=O)N(Cc2cnc(Cl)cn2)c2cc(Br)ccc21. The molecule has 7 heteroatoms. The van der Waals surface area contributed by atoms with E-state index in [0.29, 0.717) is 16.9 Å². The van der Waals surface area contributed by atoms with E-state index >= 15 is 0 Å². The van der Waals surface area contributed by atoms with Crippen LogP contribution >= 0.6 is 27.5 Å². The molecule has 1 aromatic heterocycles. The fraction of sp³-hybridized carbons (Fsp3) is 0.0769. The molecule has 1 aliphatic rings. The number of anilines is 1. The molecule has 0 radical (unpaired) electrons. The smallest absolute Gasteiger partial charge is 0.299 e.